The van der Waals surface area contributed by atoms with Gasteiger partial charge in [0.2, 0.25) is 0 Å². The van der Waals surface area contributed by atoms with Gasteiger partial charge in [-0.2, -0.15) is 0 Å². The molecule has 0 atom stereocenters. The summed E-state index contributed by atoms with van der Waals surface area (Å²) in [5, 5.41) is 0. The Hall–Kier alpha value is 2.25. The smallest absolute Gasteiger partial charge is 2.00 e. The van der Waals surface area contributed by atoms with Crippen molar-refractivity contribution in [1.82, 2.24) is 0 Å². The van der Waals surface area contributed by atoms with Gasteiger partial charge in [0.1, 0.15) is 0 Å². The average molecular weight is 202 g/mol. The van der Waals surface area contributed by atoms with Crippen LogP contribution in [0.4, 0.5) is 0 Å². The van der Waals surface area contributed by atoms with Crippen LogP contribution in [0.25, 0.3) is 0 Å². The Morgan fingerprint density at radius 1 is 1.00 bits per heavy atom. The summed E-state index contributed by atoms with van der Waals surface area (Å²) in [6, 6.07) is 0. The maximum atomic E-state index is 0. The number of hydrogen-bond donors (Lipinski definition) is 0. The molecule has 0 aliphatic carbocycles. The van der Waals surface area contributed by atoms with Crippen LogP contribution in [-0.2, 0) is 61.3 Å². The molecule has 0 aromatic heterocycles. The molecular formula is AlFeMnOTi+9. The van der Waals surface area contributed by atoms with Crippen molar-refractivity contribution in [3.8, 4) is 0 Å². The Morgan fingerprint density at radius 2 is 1.00 bits per heavy atom. The fourth-order valence-corrected chi connectivity index (χ4v) is 0. The van der Waals surface area contributed by atoms with E-state index in [0.29, 0.717) is 0 Å². The molecule has 0 amide bonds. The van der Waals surface area contributed by atoms with Gasteiger partial charge in [-0.15, -0.1) is 0 Å². The first-order valence-electron chi connectivity index (χ1n) is 0. The molecule has 0 aliphatic heterocycles. The van der Waals surface area contributed by atoms with Crippen molar-refractivity contribution < 1.29 is 61.3 Å². The summed E-state index contributed by atoms with van der Waals surface area (Å²) in [6.45, 7) is 0. The van der Waals surface area contributed by atoms with E-state index in [9.17, 15) is 0 Å². The molecule has 0 aromatic rings. The van der Waals surface area contributed by atoms with E-state index in [1.807, 2.05) is 0 Å². The molecule has 5 heavy (non-hydrogen) atoms. The fourth-order valence-electron chi connectivity index (χ4n) is 0. The molecule has 0 spiro atoms. The summed E-state index contributed by atoms with van der Waals surface area (Å²) in [5.74, 6) is 0. The third kappa shape index (κ3) is 22.3. The summed E-state index contributed by atoms with van der Waals surface area (Å²) in [4.78, 5) is 0. The zero-order chi connectivity index (χ0) is 0. The van der Waals surface area contributed by atoms with Gasteiger partial charge in [-0.1, -0.05) is 0 Å². The molecule has 5 heteroatoms. The molecule has 0 unspecified atom stereocenters. The van der Waals surface area contributed by atoms with Gasteiger partial charge in [0.15, 0.2) is 0 Å². The van der Waals surface area contributed by atoms with Crippen LogP contribution in [0.5, 0.6) is 0 Å². The van der Waals surface area contributed by atoms with Crippen molar-refractivity contribution in [2.45, 2.75) is 0 Å². The summed E-state index contributed by atoms with van der Waals surface area (Å²) < 4.78 is 0. The predicted molar refractivity (Wildman–Crippen MR) is 6.44 cm³/mol. The first kappa shape index (κ1) is 56.0. The van der Waals surface area contributed by atoms with Crippen molar-refractivity contribution in [3.05, 3.63) is 0 Å². The third-order valence-electron chi connectivity index (χ3n) is 0. The van der Waals surface area contributed by atoms with Crippen LogP contribution in [0.3, 0.4) is 0 Å². The molecule has 1 nitrogen and oxygen atoms in total. The average Bonchev–Trinajstić information content (AvgIpc) is 0. The van der Waals surface area contributed by atoms with Crippen LogP contribution < -0.4 is 0 Å². The molecule has 0 heterocycles. The predicted octanol–water partition coefficient (Wildman–Crippen LogP) is -0.507. The molecule has 0 bridgehead atoms. The van der Waals surface area contributed by atoms with Gasteiger partial charge in [-0.3, -0.25) is 0 Å². The third-order valence-corrected chi connectivity index (χ3v) is 0. The van der Waals surface area contributed by atoms with Crippen molar-refractivity contribution in [2.75, 3.05) is 0 Å². The van der Waals surface area contributed by atoms with Gasteiger partial charge in [-0.25, -0.2) is 0 Å². The Morgan fingerprint density at radius 3 is 1.00 bits per heavy atom. The van der Waals surface area contributed by atoms with E-state index >= 15 is 0 Å². The monoisotopic (exact) mass is 202 g/mol. The first-order chi connectivity index (χ1) is 0. The number of rotatable bonds is 0. The zero-order valence-electron chi connectivity index (χ0n) is 2.22. The maximum Gasteiger partial charge on any atom is 4.00 e. The second kappa shape index (κ2) is 34.1. The molecular weight excluding hydrogens is 202 g/mol. The van der Waals surface area contributed by atoms with Crippen LogP contribution in [0, 0.1) is 0 Å². The van der Waals surface area contributed by atoms with E-state index in [1.165, 1.54) is 0 Å². The van der Waals surface area contributed by atoms with Crippen LogP contribution in [0.2, 0.25) is 0 Å². The molecule has 0 N–H and O–H groups in total. The van der Waals surface area contributed by atoms with E-state index in [-0.39, 0.29) is 78.7 Å². The minimum absolute atomic E-state index is 0. The van der Waals surface area contributed by atoms with Crippen molar-refractivity contribution in [1.29, 1.82) is 0 Å². The van der Waals surface area contributed by atoms with Crippen molar-refractivity contribution in [2.24, 2.45) is 0 Å². The zero-order valence-corrected chi connectivity index (χ0v) is 7.22. The summed E-state index contributed by atoms with van der Waals surface area (Å²) in [7, 11) is 0. The van der Waals surface area contributed by atoms with E-state index in [4.69, 9.17) is 0 Å². The molecule has 19 valence electrons. The molecule has 0 aliphatic rings. The van der Waals surface area contributed by atoms with E-state index in [1.54, 1.807) is 0 Å². The van der Waals surface area contributed by atoms with Crippen LogP contribution >= 0.6 is 0 Å². The Labute approximate surface area is 77.9 Å². The van der Waals surface area contributed by atoms with Gasteiger partial charge in [0.25, 0.3) is 0 Å². The van der Waals surface area contributed by atoms with Crippen LogP contribution in [0.15, 0.2) is 0 Å². The van der Waals surface area contributed by atoms with E-state index < -0.39 is 0 Å². The van der Waals surface area contributed by atoms with Gasteiger partial charge in [-0.05, 0) is 0 Å². The second-order valence-corrected chi connectivity index (χ2v) is 0. The van der Waals surface area contributed by atoms with Gasteiger partial charge >= 0.3 is 73.2 Å². The summed E-state index contributed by atoms with van der Waals surface area (Å²) in [5.41, 5.74) is 0. The van der Waals surface area contributed by atoms with Gasteiger partial charge in [0.05, 0.1) is 0 Å². The molecule has 0 fully saturated rings. The topological polar surface area (TPSA) is 28.5 Å². The maximum absolute atomic E-state index is 0. The summed E-state index contributed by atoms with van der Waals surface area (Å²) in [6.07, 6.45) is 0. The number of hydrogen-bond acceptors (Lipinski definition) is 0. The molecule has 1 radical (unpaired) electrons. The van der Waals surface area contributed by atoms with Crippen molar-refractivity contribution >= 4 is 17.4 Å². The van der Waals surface area contributed by atoms with E-state index in [0.717, 1.165) is 0 Å². The first-order valence-corrected chi connectivity index (χ1v) is 0. The molecule has 0 saturated carbocycles. The molecule has 0 rings (SSSR count). The quantitative estimate of drug-likeness (QED) is 0.473. The van der Waals surface area contributed by atoms with E-state index in [2.05, 4.69) is 0 Å². The van der Waals surface area contributed by atoms with Gasteiger partial charge < -0.3 is 5.48 Å². The van der Waals surface area contributed by atoms with Crippen LogP contribution in [0.1, 0.15) is 0 Å². The molecule has 0 saturated heterocycles. The Kier molecular flexibility index (Phi) is 382. The molecule has 0 aromatic carbocycles. The van der Waals surface area contributed by atoms with Gasteiger partial charge in [0, 0.05) is 0 Å². The Bertz CT molecular complexity index is 11.6. The van der Waals surface area contributed by atoms with Crippen molar-refractivity contribution in [3.63, 3.8) is 0 Å². The largest absolute Gasteiger partial charge is 4.00 e. The second-order valence-electron chi connectivity index (χ2n) is 0. The van der Waals surface area contributed by atoms with Crippen LogP contribution in [-0.4, -0.2) is 17.4 Å². The SMILES string of the molecule is [Al+3].[Fe+2].[Mn+2].[O-2].[Ti+4]. The Balaban J connectivity index is 0. The standard InChI is InChI=1S/Al.Fe.Mn.O.Ti/q+3;2*+2;-2;+4. The summed E-state index contributed by atoms with van der Waals surface area (Å²) >= 11 is 0. The minimum Gasteiger partial charge on any atom is -2.00 e. The minimum atomic E-state index is 0. The fraction of sp³-hybridized carbons (Fsp3) is 0. The normalized spacial score (nSPS) is 0.